The number of piperidine rings is 1. The predicted molar refractivity (Wildman–Crippen MR) is 118 cm³/mol. The Kier molecular flexibility index (Phi) is 6.60. The number of para-hydroxylation sites is 2. The zero-order valence-corrected chi connectivity index (χ0v) is 17.9. The van der Waals surface area contributed by atoms with Crippen LogP contribution in [0.5, 0.6) is 0 Å². The van der Waals surface area contributed by atoms with E-state index < -0.39 is 0 Å². The number of unbranched alkanes of at least 4 members (excludes halogenated alkanes) is 2. The second-order valence-electron chi connectivity index (χ2n) is 8.21. The number of fused-ring (bicyclic) bond motifs is 3. The molecule has 0 amide bonds. The molecule has 1 aromatic heterocycles. The summed E-state index contributed by atoms with van der Waals surface area (Å²) >= 11 is 0. The van der Waals surface area contributed by atoms with Crippen LogP contribution in [0, 0.1) is 0 Å². The van der Waals surface area contributed by atoms with E-state index in [0.29, 0.717) is 0 Å². The van der Waals surface area contributed by atoms with Crippen molar-refractivity contribution >= 4 is 11.5 Å². The summed E-state index contributed by atoms with van der Waals surface area (Å²) in [6, 6.07) is 8.47. The molecule has 6 nitrogen and oxygen atoms in total. The fourth-order valence-corrected chi connectivity index (χ4v) is 4.46. The molecule has 2 aliphatic heterocycles. The minimum Gasteiger partial charge on any atom is -0.358 e. The number of likely N-dealkylation sites (tertiary alicyclic amines) is 1. The molecule has 0 N–H and O–H groups in total. The minimum atomic E-state index is 0.0684. The van der Waals surface area contributed by atoms with Crippen molar-refractivity contribution in [2.24, 2.45) is 4.99 Å². The van der Waals surface area contributed by atoms with E-state index in [1.807, 2.05) is 6.33 Å². The zero-order valence-electron chi connectivity index (χ0n) is 17.9. The van der Waals surface area contributed by atoms with Gasteiger partial charge < -0.3 is 4.90 Å². The SMILES string of the molecule is CCCCN(CCCC)C1=Nc2ccccc2-n2cnnc2C1N1CCCCC1. The number of amidine groups is 1. The van der Waals surface area contributed by atoms with Crippen molar-refractivity contribution in [1.82, 2.24) is 24.6 Å². The van der Waals surface area contributed by atoms with Crippen molar-refractivity contribution in [2.45, 2.75) is 64.8 Å². The number of hydrogen-bond acceptors (Lipinski definition) is 5. The van der Waals surface area contributed by atoms with E-state index >= 15 is 0 Å². The van der Waals surface area contributed by atoms with Gasteiger partial charge in [-0.3, -0.25) is 9.47 Å². The summed E-state index contributed by atoms with van der Waals surface area (Å²) in [6.45, 7) is 8.83. The van der Waals surface area contributed by atoms with E-state index in [0.717, 1.165) is 49.2 Å². The van der Waals surface area contributed by atoms with E-state index in [4.69, 9.17) is 4.99 Å². The van der Waals surface area contributed by atoms with Crippen molar-refractivity contribution in [2.75, 3.05) is 26.2 Å². The summed E-state index contributed by atoms with van der Waals surface area (Å²) in [5.41, 5.74) is 2.09. The van der Waals surface area contributed by atoms with Gasteiger partial charge >= 0.3 is 0 Å². The van der Waals surface area contributed by atoms with Crippen LogP contribution in [0.15, 0.2) is 35.6 Å². The fourth-order valence-electron chi connectivity index (χ4n) is 4.46. The van der Waals surface area contributed by atoms with Gasteiger partial charge in [0.25, 0.3) is 0 Å². The lowest BCUT2D eigenvalue weighted by Gasteiger charge is -2.38. The first kappa shape index (κ1) is 20.1. The first-order valence-electron chi connectivity index (χ1n) is 11.4. The molecule has 3 heterocycles. The van der Waals surface area contributed by atoms with Crippen LogP contribution < -0.4 is 0 Å². The Morgan fingerprint density at radius 1 is 1.00 bits per heavy atom. The maximum absolute atomic E-state index is 5.30. The Morgan fingerprint density at radius 3 is 2.45 bits per heavy atom. The van der Waals surface area contributed by atoms with Crippen molar-refractivity contribution in [3.63, 3.8) is 0 Å². The van der Waals surface area contributed by atoms with Gasteiger partial charge in [0.2, 0.25) is 0 Å². The third-order valence-corrected chi connectivity index (χ3v) is 6.08. The Hall–Kier alpha value is -2.21. The van der Waals surface area contributed by atoms with E-state index in [-0.39, 0.29) is 6.04 Å². The number of aliphatic imine (C=N–C) groups is 1. The predicted octanol–water partition coefficient (Wildman–Crippen LogP) is 4.74. The lowest BCUT2D eigenvalue weighted by Crippen LogP contribution is -2.46. The number of nitrogens with zero attached hydrogens (tertiary/aromatic N) is 6. The molecule has 1 unspecified atom stereocenters. The molecule has 0 spiro atoms. The summed E-state index contributed by atoms with van der Waals surface area (Å²) in [7, 11) is 0. The first-order valence-corrected chi connectivity index (χ1v) is 11.4. The van der Waals surface area contributed by atoms with E-state index in [1.54, 1.807) is 0 Å². The summed E-state index contributed by atoms with van der Waals surface area (Å²) in [4.78, 5) is 10.4. The Labute approximate surface area is 174 Å². The highest BCUT2D eigenvalue weighted by Gasteiger charge is 2.36. The Morgan fingerprint density at radius 2 is 1.72 bits per heavy atom. The van der Waals surface area contributed by atoms with E-state index in [9.17, 15) is 0 Å². The second-order valence-corrected chi connectivity index (χ2v) is 8.21. The maximum Gasteiger partial charge on any atom is 0.162 e. The molecule has 6 heteroatoms. The van der Waals surface area contributed by atoms with Gasteiger partial charge in [0.1, 0.15) is 18.2 Å². The lowest BCUT2D eigenvalue weighted by molar-refractivity contribution is 0.184. The minimum absolute atomic E-state index is 0.0684. The zero-order chi connectivity index (χ0) is 20.1. The third-order valence-electron chi connectivity index (χ3n) is 6.08. The van der Waals surface area contributed by atoms with Crippen molar-refractivity contribution in [1.29, 1.82) is 0 Å². The molecule has 0 radical (unpaired) electrons. The third kappa shape index (κ3) is 4.22. The van der Waals surface area contributed by atoms with Crippen LogP contribution in [0.4, 0.5) is 5.69 Å². The van der Waals surface area contributed by atoms with Crippen LogP contribution in [0.1, 0.15) is 70.7 Å². The average Bonchev–Trinajstić information content (AvgIpc) is 3.19. The van der Waals surface area contributed by atoms with Gasteiger partial charge in [-0.25, -0.2) is 4.99 Å². The smallest absolute Gasteiger partial charge is 0.162 e. The van der Waals surface area contributed by atoms with Gasteiger partial charge in [-0.1, -0.05) is 45.2 Å². The lowest BCUT2D eigenvalue weighted by atomic mass is 10.1. The number of rotatable bonds is 7. The van der Waals surface area contributed by atoms with Crippen LogP contribution in [0.2, 0.25) is 0 Å². The van der Waals surface area contributed by atoms with Crippen LogP contribution in [-0.2, 0) is 0 Å². The average molecular weight is 395 g/mol. The molecule has 1 aromatic carbocycles. The highest BCUT2D eigenvalue weighted by atomic mass is 15.4. The molecule has 1 atom stereocenters. The van der Waals surface area contributed by atoms with E-state index in [2.05, 4.69) is 62.7 Å². The fraction of sp³-hybridized carbons (Fsp3) is 0.609. The largest absolute Gasteiger partial charge is 0.358 e. The molecular weight excluding hydrogens is 360 g/mol. The molecule has 0 bridgehead atoms. The topological polar surface area (TPSA) is 49.6 Å². The molecule has 29 heavy (non-hydrogen) atoms. The number of benzene rings is 1. The van der Waals surface area contributed by atoms with Crippen LogP contribution in [-0.4, -0.2) is 56.6 Å². The Bertz CT molecular complexity index is 812. The molecular formula is C23H34N6. The van der Waals surface area contributed by atoms with Gasteiger partial charge in [-0.15, -0.1) is 10.2 Å². The summed E-state index contributed by atoms with van der Waals surface area (Å²) in [6.07, 6.45) is 10.4. The maximum atomic E-state index is 5.30. The summed E-state index contributed by atoms with van der Waals surface area (Å²) in [5.74, 6) is 2.17. The number of hydrogen-bond donors (Lipinski definition) is 0. The molecule has 1 saturated heterocycles. The Balaban J connectivity index is 1.82. The first-order chi connectivity index (χ1) is 14.3. The molecule has 2 aliphatic rings. The van der Waals surface area contributed by atoms with Crippen molar-refractivity contribution in [3.05, 3.63) is 36.4 Å². The van der Waals surface area contributed by atoms with Crippen LogP contribution >= 0.6 is 0 Å². The van der Waals surface area contributed by atoms with Crippen molar-refractivity contribution < 1.29 is 0 Å². The molecule has 0 saturated carbocycles. The van der Waals surface area contributed by atoms with Crippen LogP contribution in [0.3, 0.4) is 0 Å². The number of aromatic nitrogens is 3. The highest BCUT2D eigenvalue weighted by molar-refractivity contribution is 5.92. The highest BCUT2D eigenvalue weighted by Crippen LogP contribution is 2.35. The normalized spacial score (nSPS) is 19.2. The molecule has 4 rings (SSSR count). The van der Waals surface area contributed by atoms with E-state index in [1.165, 1.54) is 44.9 Å². The van der Waals surface area contributed by atoms with Gasteiger partial charge in [0.15, 0.2) is 5.82 Å². The van der Waals surface area contributed by atoms with Crippen molar-refractivity contribution in [3.8, 4) is 5.69 Å². The summed E-state index contributed by atoms with van der Waals surface area (Å²) in [5, 5.41) is 8.95. The second kappa shape index (κ2) is 9.53. The molecule has 156 valence electrons. The van der Waals surface area contributed by atoms with Gasteiger partial charge in [-0.2, -0.15) is 0 Å². The molecule has 1 fully saturated rings. The molecule has 2 aromatic rings. The van der Waals surface area contributed by atoms with Gasteiger partial charge in [0, 0.05) is 13.1 Å². The summed E-state index contributed by atoms with van der Waals surface area (Å²) < 4.78 is 2.16. The molecule has 0 aliphatic carbocycles. The van der Waals surface area contributed by atoms with Gasteiger partial charge in [0.05, 0.1) is 11.4 Å². The quantitative estimate of drug-likeness (QED) is 0.680. The van der Waals surface area contributed by atoms with Crippen LogP contribution in [0.25, 0.3) is 5.69 Å². The monoisotopic (exact) mass is 394 g/mol. The van der Waals surface area contributed by atoms with Gasteiger partial charge in [-0.05, 0) is 50.9 Å². The standard InChI is InChI=1S/C23H34N6/c1-3-5-14-28(15-6-4-2)22-21(27-16-10-7-11-17-27)23-26-24-18-29(23)20-13-9-8-12-19(20)25-22/h8-9,12-13,18,21H,3-7,10-11,14-17H2,1-2H3.